The Morgan fingerprint density at radius 3 is 1.52 bits per heavy atom. The second-order valence-corrected chi connectivity index (χ2v) is 9.36. The molecule has 0 aromatic heterocycles. The first-order valence-electron chi connectivity index (χ1n) is 9.86. The van der Waals surface area contributed by atoms with Gasteiger partial charge in [-0.25, -0.2) is 0 Å². The zero-order valence-electron chi connectivity index (χ0n) is 15.6. The second kappa shape index (κ2) is 7.05. The van der Waals surface area contributed by atoms with Gasteiger partial charge in [0.1, 0.15) is 0 Å². The summed E-state index contributed by atoms with van der Waals surface area (Å²) >= 11 is 0. The first-order chi connectivity index (χ1) is 9.86. The Balaban J connectivity index is 2.21. The fraction of sp³-hybridized carbons (Fsp3) is 1.00. The first kappa shape index (κ1) is 17.4. The molecule has 21 heavy (non-hydrogen) atoms. The summed E-state index contributed by atoms with van der Waals surface area (Å²) in [7, 11) is 0. The zero-order chi connectivity index (χ0) is 15.6. The summed E-state index contributed by atoms with van der Waals surface area (Å²) in [6.07, 6.45) is 12.1. The third kappa shape index (κ3) is 3.67. The van der Waals surface area contributed by atoms with Crippen LogP contribution >= 0.6 is 0 Å². The summed E-state index contributed by atoms with van der Waals surface area (Å²) in [6.45, 7) is 14.9. The number of hydrogen-bond donors (Lipinski definition) is 0. The molecule has 2 fully saturated rings. The highest BCUT2D eigenvalue weighted by atomic mass is 14.5. The average molecular weight is 293 g/mol. The van der Waals surface area contributed by atoms with E-state index in [4.69, 9.17) is 0 Å². The molecule has 2 atom stereocenters. The number of hydrogen-bond acceptors (Lipinski definition) is 0. The molecule has 2 saturated carbocycles. The van der Waals surface area contributed by atoms with Gasteiger partial charge in [0.2, 0.25) is 0 Å². The Morgan fingerprint density at radius 1 is 0.667 bits per heavy atom. The summed E-state index contributed by atoms with van der Waals surface area (Å²) in [4.78, 5) is 0. The van der Waals surface area contributed by atoms with Gasteiger partial charge < -0.3 is 0 Å². The first-order valence-corrected chi connectivity index (χ1v) is 9.86. The van der Waals surface area contributed by atoms with Crippen LogP contribution in [0.25, 0.3) is 0 Å². The van der Waals surface area contributed by atoms with Crippen LogP contribution in [-0.4, -0.2) is 0 Å². The van der Waals surface area contributed by atoms with E-state index in [0.717, 1.165) is 35.5 Å². The van der Waals surface area contributed by atoms with Crippen molar-refractivity contribution in [1.82, 2.24) is 0 Å². The van der Waals surface area contributed by atoms with Gasteiger partial charge in [-0.3, -0.25) is 0 Å². The minimum absolute atomic E-state index is 0.680. The molecular formula is C21H40. The van der Waals surface area contributed by atoms with Gasteiger partial charge in [-0.1, -0.05) is 60.8 Å². The van der Waals surface area contributed by atoms with E-state index in [1.54, 1.807) is 0 Å². The van der Waals surface area contributed by atoms with Gasteiger partial charge in [-0.15, -0.1) is 0 Å². The van der Waals surface area contributed by atoms with E-state index in [-0.39, 0.29) is 0 Å². The quantitative estimate of drug-likeness (QED) is 0.526. The van der Waals surface area contributed by atoms with Gasteiger partial charge in [-0.2, -0.15) is 0 Å². The third-order valence-electron chi connectivity index (χ3n) is 7.41. The Morgan fingerprint density at radius 2 is 1.14 bits per heavy atom. The molecule has 0 spiro atoms. The number of rotatable bonds is 4. The van der Waals surface area contributed by atoms with Crippen LogP contribution < -0.4 is 0 Å². The van der Waals surface area contributed by atoms with Crippen molar-refractivity contribution in [2.24, 2.45) is 40.9 Å². The molecule has 2 unspecified atom stereocenters. The predicted octanol–water partition coefficient (Wildman–Crippen LogP) is 6.94. The highest BCUT2D eigenvalue weighted by Crippen LogP contribution is 2.56. The van der Waals surface area contributed by atoms with Crippen molar-refractivity contribution in [2.75, 3.05) is 0 Å². The summed E-state index contributed by atoms with van der Waals surface area (Å²) < 4.78 is 0. The fourth-order valence-corrected chi connectivity index (χ4v) is 5.63. The largest absolute Gasteiger partial charge is 0.0625 e. The molecule has 0 aromatic carbocycles. The van der Waals surface area contributed by atoms with Crippen molar-refractivity contribution in [1.29, 1.82) is 0 Å². The smallest absolute Gasteiger partial charge is 0.0246 e. The monoisotopic (exact) mass is 292 g/mol. The van der Waals surface area contributed by atoms with Crippen LogP contribution in [-0.2, 0) is 0 Å². The molecule has 0 radical (unpaired) electrons. The van der Waals surface area contributed by atoms with E-state index in [1.165, 1.54) is 51.4 Å². The van der Waals surface area contributed by atoms with Gasteiger partial charge in [-0.05, 0) is 73.0 Å². The van der Waals surface area contributed by atoms with Gasteiger partial charge in [0.25, 0.3) is 0 Å². The van der Waals surface area contributed by atoms with Gasteiger partial charge in [0.15, 0.2) is 0 Å². The Kier molecular flexibility index (Phi) is 5.83. The molecule has 0 heterocycles. The summed E-state index contributed by atoms with van der Waals surface area (Å²) in [5.74, 6) is 5.60. The van der Waals surface area contributed by atoms with Crippen molar-refractivity contribution in [3.63, 3.8) is 0 Å². The van der Waals surface area contributed by atoms with E-state index >= 15 is 0 Å². The van der Waals surface area contributed by atoms with Crippen LogP contribution in [0.4, 0.5) is 0 Å². The van der Waals surface area contributed by atoms with Gasteiger partial charge in [0, 0.05) is 0 Å². The van der Waals surface area contributed by atoms with E-state index < -0.39 is 0 Å². The summed E-state index contributed by atoms with van der Waals surface area (Å²) in [6, 6.07) is 0. The van der Waals surface area contributed by atoms with E-state index in [2.05, 4.69) is 41.5 Å². The van der Waals surface area contributed by atoms with Crippen molar-refractivity contribution in [2.45, 2.75) is 92.9 Å². The SMILES string of the molecule is CC(C)C1CC(C(C)C)CC(C2(C(C)C)CCCCC2)C1. The Bertz CT molecular complexity index is 290. The van der Waals surface area contributed by atoms with Crippen molar-refractivity contribution in [3.05, 3.63) is 0 Å². The van der Waals surface area contributed by atoms with Crippen LogP contribution in [0.3, 0.4) is 0 Å². The molecule has 0 heteroatoms. The lowest BCUT2D eigenvalue weighted by Crippen LogP contribution is -2.43. The molecule has 2 aliphatic carbocycles. The molecule has 0 nitrogen and oxygen atoms in total. The van der Waals surface area contributed by atoms with Crippen LogP contribution in [0, 0.1) is 40.9 Å². The zero-order valence-corrected chi connectivity index (χ0v) is 15.6. The summed E-state index contributed by atoms with van der Waals surface area (Å²) in [5, 5.41) is 0. The van der Waals surface area contributed by atoms with Gasteiger partial charge >= 0.3 is 0 Å². The Hall–Kier alpha value is 0. The minimum atomic E-state index is 0.680. The van der Waals surface area contributed by atoms with Crippen LogP contribution in [0.5, 0.6) is 0 Å². The molecule has 0 bridgehead atoms. The Labute approximate surface area is 134 Å². The summed E-state index contributed by atoms with van der Waals surface area (Å²) in [5.41, 5.74) is 0.680. The van der Waals surface area contributed by atoms with Crippen LogP contribution in [0.2, 0.25) is 0 Å². The molecule has 2 rings (SSSR count). The van der Waals surface area contributed by atoms with E-state index in [0.29, 0.717) is 5.41 Å². The van der Waals surface area contributed by atoms with Crippen LogP contribution in [0.15, 0.2) is 0 Å². The molecule has 0 amide bonds. The van der Waals surface area contributed by atoms with Crippen molar-refractivity contribution in [3.8, 4) is 0 Å². The van der Waals surface area contributed by atoms with E-state index in [9.17, 15) is 0 Å². The molecule has 124 valence electrons. The highest BCUT2D eigenvalue weighted by molar-refractivity contribution is 4.96. The molecule has 0 aliphatic heterocycles. The lowest BCUT2D eigenvalue weighted by atomic mass is 9.53. The van der Waals surface area contributed by atoms with Crippen molar-refractivity contribution < 1.29 is 0 Å². The lowest BCUT2D eigenvalue weighted by Gasteiger charge is -2.52. The predicted molar refractivity (Wildman–Crippen MR) is 94.4 cm³/mol. The molecule has 0 saturated heterocycles. The van der Waals surface area contributed by atoms with Crippen LogP contribution in [0.1, 0.15) is 92.9 Å². The lowest BCUT2D eigenvalue weighted by molar-refractivity contribution is -0.0233. The maximum atomic E-state index is 2.52. The molecule has 0 aromatic rings. The van der Waals surface area contributed by atoms with Gasteiger partial charge in [0.05, 0.1) is 0 Å². The highest BCUT2D eigenvalue weighted by Gasteiger charge is 2.46. The minimum Gasteiger partial charge on any atom is -0.0625 e. The fourth-order valence-electron chi connectivity index (χ4n) is 5.63. The van der Waals surface area contributed by atoms with Crippen molar-refractivity contribution >= 4 is 0 Å². The molecule has 2 aliphatic rings. The molecule has 0 N–H and O–H groups in total. The maximum absolute atomic E-state index is 2.52. The normalized spacial score (nSPS) is 33.9. The standard InChI is InChI=1S/C21H40/c1-15(2)18-12-19(16(3)4)14-20(13-18)21(17(5)6)10-8-7-9-11-21/h15-20H,7-14H2,1-6H3. The average Bonchev–Trinajstić information content (AvgIpc) is 2.47. The maximum Gasteiger partial charge on any atom is -0.0246 e. The third-order valence-corrected chi connectivity index (χ3v) is 7.41. The second-order valence-electron chi connectivity index (χ2n) is 9.36. The van der Waals surface area contributed by atoms with E-state index in [1.807, 2.05) is 0 Å². The molecular weight excluding hydrogens is 252 g/mol. The topological polar surface area (TPSA) is 0 Å².